The molecule has 1 saturated heterocycles. The Morgan fingerprint density at radius 2 is 0.962 bits per heavy atom. The lowest BCUT2D eigenvalue weighted by molar-refractivity contribution is -0.207. The van der Waals surface area contributed by atoms with Gasteiger partial charge in [-0.2, -0.15) is 0 Å². The lowest BCUT2D eigenvalue weighted by Gasteiger charge is -2.44. The molecule has 1 aliphatic rings. The SMILES string of the molecule is O=C(OC[C@H]1O[C@@H](Sc2nc3ccccc3o2)[C@H](OC(=O)c2ccccc2)[C@@H](OC(=O)c2ccccc2)[C@H]1OC(=O)c1ccccc1)c1ccccc1. The van der Waals surface area contributed by atoms with Crippen LogP contribution >= 0.6 is 11.8 Å². The van der Waals surface area contributed by atoms with E-state index in [9.17, 15) is 19.2 Å². The molecule has 2 heterocycles. The van der Waals surface area contributed by atoms with E-state index in [1.165, 1.54) is 0 Å². The summed E-state index contributed by atoms with van der Waals surface area (Å²) in [7, 11) is 0. The largest absolute Gasteiger partial charge is 0.459 e. The molecular weight excluding hydrogens is 699 g/mol. The van der Waals surface area contributed by atoms with Gasteiger partial charge in [-0.3, -0.25) is 0 Å². The zero-order valence-corrected chi connectivity index (χ0v) is 28.7. The molecule has 11 nitrogen and oxygen atoms in total. The van der Waals surface area contributed by atoms with E-state index in [1.807, 2.05) is 6.07 Å². The van der Waals surface area contributed by atoms with Gasteiger partial charge in [0.2, 0.25) is 0 Å². The summed E-state index contributed by atoms with van der Waals surface area (Å²) in [5, 5.41) is 0.157. The van der Waals surface area contributed by atoms with E-state index in [4.69, 9.17) is 28.1 Å². The van der Waals surface area contributed by atoms with Gasteiger partial charge in [0.25, 0.3) is 5.22 Å². The minimum atomic E-state index is -1.49. The van der Waals surface area contributed by atoms with Gasteiger partial charge in [-0.1, -0.05) is 84.9 Å². The molecule has 0 N–H and O–H groups in total. The van der Waals surface area contributed by atoms with Crippen molar-refractivity contribution in [2.45, 2.75) is 35.1 Å². The molecule has 6 aromatic rings. The Bertz CT molecular complexity index is 2150. The number of para-hydroxylation sites is 2. The molecule has 7 rings (SSSR count). The fraction of sp³-hybridized carbons (Fsp3) is 0.146. The average Bonchev–Trinajstić information content (AvgIpc) is 3.63. The van der Waals surface area contributed by atoms with Crippen LogP contribution in [0.15, 0.2) is 155 Å². The summed E-state index contributed by atoms with van der Waals surface area (Å²) in [4.78, 5) is 58.9. The molecule has 1 fully saturated rings. The summed E-state index contributed by atoms with van der Waals surface area (Å²) >= 11 is 0.964. The van der Waals surface area contributed by atoms with E-state index in [0.717, 1.165) is 11.8 Å². The van der Waals surface area contributed by atoms with Gasteiger partial charge in [0.05, 0.1) is 22.3 Å². The van der Waals surface area contributed by atoms with Crippen LogP contribution in [-0.4, -0.2) is 65.3 Å². The fourth-order valence-electron chi connectivity index (χ4n) is 5.62. The summed E-state index contributed by atoms with van der Waals surface area (Å²) < 4.78 is 36.6. The third-order valence-corrected chi connectivity index (χ3v) is 9.22. The summed E-state index contributed by atoms with van der Waals surface area (Å²) in [5.74, 6) is -2.99. The third-order valence-electron chi connectivity index (χ3n) is 8.23. The van der Waals surface area contributed by atoms with Gasteiger partial charge in [0.15, 0.2) is 29.3 Å². The average molecular weight is 730 g/mol. The van der Waals surface area contributed by atoms with E-state index >= 15 is 0 Å². The topological polar surface area (TPSA) is 140 Å². The second-order valence-electron chi connectivity index (χ2n) is 11.8. The Kier molecular flexibility index (Phi) is 10.9. The lowest BCUT2D eigenvalue weighted by Crippen LogP contribution is -2.61. The van der Waals surface area contributed by atoms with E-state index < -0.39 is 60.3 Å². The Balaban J connectivity index is 1.30. The van der Waals surface area contributed by atoms with Crippen molar-refractivity contribution in [2.75, 3.05) is 6.61 Å². The van der Waals surface area contributed by atoms with Crippen molar-refractivity contribution in [1.29, 1.82) is 0 Å². The number of hydrogen-bond donors (Lipinski definition) is 0. The maximum Gasteiger partial charge on any atom is 0.338 e. The van der Waals surface area contributed by atoms with Gasteiger partial charge < -0.3 is 28.1 Å². The minimum absolute atomic E-state index is 0.157. The highest BCUT2D eigenvalue weighted by molar-refractivity contribution is 7.99. The second kappa shape index (κ2) is 16.4. The van der Waals surface area contributed by atoms with Crippen molar-refractivity contribution >= 4 is 46.7 Å². The smallest absolute Gasteiger partial charge is 0.338 e. The Labute approximate surface area is 307 Å². The standard InChI is InChI=1S/C41H31NO10S/c43-36(26-15-5-1-6-16-26)47-25-32-33(50-37(44)27-17-7-2-8-18-27)34(51-38(45)28-19-9-3-10-20-28)35(52-39(46)29-21-11-4-12-22-29)40(48-32)53-41-42-30-23-13-14-24-31(30)49-41/h1-24,32-35,40H,25H2/t32-,33+,34+,35-,40+/m1/s1. The lowest BCUT2D eigenvalue weighted by atomic mass is 9.98. The molecule has 5 aromatic carbocycles. The van der Waals surface area contributed by atoms with Crippen LogP contribution in [0.5, 0.6) is 0 Å². The zero-order valence-electron chi connectivity index (χ0n) is 27.9. The van der Waals surface area contributed by atoms with Crippen LogP contribution < -0.4 is 0 Å². The molecule has 1 aliphatic heterocycles. The predicted molar refractivity (Wildman–Crippen MR) is 192 cm³/mol. The third kappa shape index (κ3) is 8.46. The summed E-state index contributed by atoms with van der Waals surface area (Å²) in [6, 6.07) is 40.0. The van der Waals surface area contributed by atoms with Crippen LogP contribution in [0.1, 0.15) is 41.4 Å². The van der Waals surface area contributed by atoms with Crippen molar-refractivity contribution in [1.82, 2.24) is 4.98 Å². The summed E-state index contributed by atoms with van der Waals surface area (Å²) in [5.41, 5.74) is 0.758. The van der Waals surface area contributed by atoms with Gasteiger partial charge in [-0.25, -0.2) is 24.2 Å². The number of benzene rings is 5. The maximum atomic E-state index is 13.8. The first-order chi connectivity index (χ1) is 25.9. The van der Waals surface area contributed by atoms with Crippen molar-refractivity contribution in [3.05, 3.63) is 168 Å². The molecule has 0 amide bonds. The number of ether oxygens (including phenoxy) is 5. The molecule has 0 aliphatic carbocycles. The van der Waals surface area contributed by atoms with Crippen molar-refractivity contribution < 1.29 is 47.3 Å². The monoisotopic (exact) mass is 729 g/mol. The maximum absolute atomic E-state index is 13.8. The first-order valence-corrected chi connectivity index (χ1v) is 17.5. The summed E-state index contributed by atoms with van der Waals surface area (Å²) in [6.07, 6.45) is -5.59. The first-order valence-electron chi connectivity index (χ1n) is 16.6. The van der Waals surface area contributed by atoms with Gasteiger partial charge in [-0.05, 0) is 72.4 Å². The quantitative estimate of drug-likeness (QED) is 0.0986. The van der Waals surface area contributed by atoms with Crippen LogP contribution in [0.2, 0.25) is 0 Å². The number of carbonyl (C=O) groups excluding carboxylic acids is 4. The Morgan fingerprint density at radius 3 is 1.47 bits per heavy atom. The highest BCUT2D eigenvalue weighted by atomic mass is 32.2. The number of fused-ring (bicyclic) bond motifs is 1. The van der Waals surface area contributed by atoms with E-state index in [1.54, 1.807) is 140 Å². The molecule has 0 spiro atoms. The van der Waals surface area contributed by atoms with Crippen molar-refractivity contribution in [2.24, 2.45) is 0 Å². The van der Waals surface area contributed by atoms with Crippen LogP contribution in [0.4, 0.5) is 0 Å². The highest BCUT2D eigenvalue weighted by Gasteiger charge is 2.54. The normalized spacial score (nSPS) is 19.5. The predicted octanol–water partition coefficient (Wildman–Crippen LogP) is 7.18. The molecule has 5 atom stereocenters. The highest BCUT2D eigenvalue weighted by Crippen LogP contribution is 2.39. The fourth-order valence-corrected chi connectivity index (χ4v) is 6.65. The Hall–Kier alpha value is -6.24. The summed E-state index contributed by atoms with van der Waals surface area (Å²) in [6.45, 7) is -0.441. The van der Waals surface area contributed by atoms with Gasteiger partial charge in [0, 0.05) is 0 Å². The first kappa shape index (κ1) is 35.2. The number of hydrogen-bond acceptors (Lipinski definition) is 12. The van der Waals surface area contributed by atoms with E-state index in [0.29, 0.717) is 11.1 Å². The minimum Gasteiger partial charge on any atom is -0.459 e. The number of aromatic nitrogens is 1. The molecule has 266 valence electrons. The molecule has 53 heavy (non-hydrogen) atoms. The number of rotatable bonds is 11. The van der Waals surface area contributed by atoms with E-state index in [-0.39, 0.29) is 27.5 Å². The zero-order chi connectivity index (χ0) is 36.6. The van der Waals surface area contributed by atoms with E-state index in [2.05, 4.69) is 4.98 Å². The molecule has 0 bridgehead atoms. The van der Waals surface area contributed by atoms with Crippen molar-refractivity contribution in [3.63, 3.8) is 0 Å². The van der Waals surface area contributed by atoms with Crippen LogP contribution in [-0.2, 0) is 23.7 Å². The number of nitrogens with zero attached hydrogens (tertiary/aromatic N) is 1. The number of oxazole rings is 1. The molecule has 1 aromatic heterocycles. The molecule has 0 saturated carbocycles. The second-order valence-corrected chi connectivity index (χ2v) is 12.8. The van der Waals surface area contributed by atoms with Crippen LogP contribution in [0.25, 0.3) is 11.1 Å². The molecule has 0 radical (unpaired) electrons. The van der Waals surface area contributed by atoms with Crippen molar-refractivity contribution in [3.8, 4) is 0 Å². The molecule has 12 heteroatoms. The number of carbonyl (C=O) groups is 4. The van der Waals surface area contributed by atoms with Crippen LogP contribution in [0.3, 0.4) is 0 Å². The van der Waals surface area contributed by atoms with Crippen LogP contribution in [0, 0.1) is 0 Å². The molecule has 0 unspecified atom stereocenters. The number of thioether (sulfide) groups is 1. The van der Waals surface area contributed by atoms with Gasteiger partial charge >= 0.3 is 23.9 Å². The molecular formula is C41H31NO10S. The van der Waals surface area contributed by atoms with Gasteiger partial charge in [-0.15, -0.1) is 0 Å². The van der Waals surface area contributed by atoms with Gasteiger partial charge in [0.1, 0.15) is 18.2 Å². The Morgan fingerprint density at radius 1 is 0.528 bits per heavy atom. The number of esters is 4.